The van der Waals surface area contributed by atoms with E-state index in [2.05, 4.69) is 13.8 Å². The average molecular weight is 626 g/mol. The van der Waals surface area contributed by atoms with Crippen LogP contribution in [0.1, 0.15) is 85.2 Å². The fourth-order valence-corrected chi connectivity index (χ4v) is 5.85. The van der Waals surface area contributed by atoms with Crippen molar-refractivity contribution < 1.29 is 33.3 Å². The summed E-state index contributed by atoms with van der Waals surface area (Å²) in [5.41, 5.74) is 1.65. The molecule has 0 amide bonds. The number of ketones is 2. The molecule has 46 heavy (non-hydrogen) atoms. The van der Waals surface area contributed by atoms with Crippen molar-refractivity contribution in [3.05, 3.63) is 83.6 Å². The Bertz CT molecular complexity index is 1630. The molecule has 2 atom stereocenters. The van der Waals surface area contributed by atoms with Crippen molar-refractivity contribution in [1.29, 1.82) is 0 Å². The lowest BCUT2D eigenvalue weighted by molar-refractivity contribution is -0.153. The van der Waals surface area contributed by atoms with E-state index in [1.165, 1.54) is 19.3 Å². The lowest BCUT2D eigenvalue weighted by Crippen LogP contribution is -2.30. The predicted molar refractivity (Wildman–Crippen MR) is 178 cm³/mol. The summed E-state index contributed by atoms with van der Waals surface area (Å²) in [5.74, 6) is -1.10. The van der Waals surface area contributed by atoms with Gasteiger partial charge in [-0.3, -0.25) is 9.59 Å². The van der Waals surface area contributed by atoms with E-state index in [-0.39, 0.29) is 24.8 Å². The highest BCUT2D eigenvalue weighted by Crippen LogP contribution is 2.37. The van der Waals surface area contributed by atoms with Crippen molar-refractivity contribution in [2.24, 2.45) is 5.92 Å². The predicted octanol–water partition coefficient (Wildman–Crippen LogP) is 7.50. The second-order valence-corrected chi connectivity index (χ2v) is 11.8. The number of benzene rings is 3. The molecule has 4 aromatic rings. The molecule has 0 fully saturated rings. The Kier molecular flexibility index (Phi) is 11.5. The quantitative estimate of drug-likeness (QED) is 0.0676. The van der Waals surface area contributed by atoms with Gasteiger partial charge in [0.15, 0.2) is 17.7 Å². The first-order chi connectivity index (χ1) is 22.4. The topological polar surface area (TPSA) is 101 Å². The van der Waals surface area contributed by atoms with Gasteiger partial charge >= 0.3 is 5.97 Å². The molecule has 0 radical (unpaired) electrons. The zero-order valence-electron chi connectivity index (χ0n) is 27.0. The van der Waals surface area contributed by atoms with Gasteiger partial charge in [0.25, 0.3) is 0 Å². The van der Waals surface area contributed by atoms with Crippen LogP contribution in [0.25, 0.3) is 21.7 Å². The summed E-state index contributed by atoms with van der Waals surface area (Å²) in [6.07, 6.45) is 4.23. The first-order valence-corrected chi connectivity index (χ1v) is 16.4. The number of nitrogens with zero attached hydrogens (tertiary/aromatic N) is 1. The maximum atomic E-state index is 13.5. The van der Waals surface area contributed by atoms with Crippen LogP contribution in [-0.4, -0.2) is 61.7 Å². The number of Topliss-reactive ketones (excluding diaryl/α,β-unsaturated/α-hetero) is 2. The largest absolute Gasteiger partial charge is 0.476 e. The smallest absolute Gasteiger partial charge is 0.347 e. The first kappa shape index (κ1) is 33.2. The Morgan fingerprint density at radius 1 is 0.783 bits per heavy atom. The first-order valence-electron chi connectivity index (χ1n) is 16.4. The normalized spacial score (nSPS) is 14.5. The van der Waals surface area contributed by atoms with Crippen molar-refractivity contribution in [2.45, 2.75) is 64.9 Å². The molecule has 1 aliphatic carbocycles. The second kappa shape index (κ2) is 15.9. The molecule has 0 aliphatic heterocycles. The number of unbranched alkanes of at least 4 members (excludes halogenated alkanes) is 1. The summed E-state index contributed by atoms with van der Waals surface area (Å²) in [6.45, 7) is 8.28. The van der Waals surface area contributed by atoms with E-state index in [9.17, 15) is 14.4 Å². The highest BCUT2D eigenvalue weighted by Gasteiger charge is 2.41. The number of rotatable bonds is 17. The molecule has 8 nitrogen and oxygen atoms in total. The molecule has 5 rings (SSSR count). The molecule has 0 saturated carbocycles. The highest BCUT2D eigenvalue weighted by molar-refractivity contribution is 6.30. The van der Waals surface area contributed by atoms with Gasteiger partial charge in [0.05, 0.1) is 25.5 Å². The minimum Gasteiger partial charge on any atom is -0.476 e. The van der Waals surface area contributed by atoms with Crippen molar-refractivity contribution in [1.82, 2.24) is 4.98 Å². The second-order valence-electron chi connectivity index (χ2n) is 11.8. The minimum atomic E-state index is -1.03. The van der Waals surface area contributed by atoms with Gasteiger partial charge in [0.2, 0.25) is 0 Å². The SMILES string of the molecule is CCCCC(CC)COCCOCCOC(=O)C(CC)Oc1cccc2ccc(C3C(=O)c4cc5ccccc5cc4C3=O)nc12. The number of para-hydroxylation sites is 1. The number of carbonyl (C=O) groups excluding carboxylic acids is 3. The minimum absolute atomic E-state index is 0.103. The van der Waals surface area contributed by atoms with E-state index < -0.39 is 18.0 Å². The Morgan fingerprint density at radius 3 is 2.13 bits per heavy atom. The number of pyridine rings is 1. The average Bonchev–Trinajstić information content (AvgIpc) is 3.32. The molecule has 8 heteroatoms. The molecule has 0 spiro atoms. The van der Waals surface area contributed by atoms with E-state index in [1.807, 2.05) is 49.4 Å². The van der Waals surface area contributed by atoms with E-state index in [1.54, 1.807) is 24.3 Å². The molecular formula is C38H43NO7. The summed E-state index contributed by atoms with van der Waals surface area (Å²) in [7, 11) is 0. The van der Waals surface area contributed by atoms with Gasteiger partial charge in [-0.1, -0.05) is 82.5 Å². The molecule has 242 valence electrons. The molecule has 1 aliphatic rings. The summed E-state index contributed by atoms with van der Waals surface area (Å²) < 4.78 is 22.9. The van der Waals surface area contributed by atoms with Crippen LogP contribution >= 0.6 is 0 Å². The molecular weight excluding hydrogens is 582 g/mol. The van der Waals surface area contributed by atoms with Crippen molar-refractivity contribution in [3.8, 4) is 5.75 Å². The van der Waals surface area contributed by atoms with Crippen LogP contribution in [0.5, 0.6) is 5.75 Å². The lowest BCUT2D eigenvalue weighted by atomic mass is 9.98. The van der Waals surface area contributed by atoms with Crippen molar-refractivity contribution >= 4 is 39.2 Å². The Morgan fingerprint density at radius 2 is 1.46 bits per heavy atom. The van der Waals surface area contributed by atoms with Gasteiger partial charge in [0.1, 0.15) is 23.8 Å². The Labute approximate surface area is 270 Å². The van der Waals surface area contributed by atoms with Gasteiger partial charge in [-0.25, -0.2) is 9.78 Å². The molecule has 3 aromatic carbocycles. The van der Waals surface area contributed by atoms with Crippen LogP contribution in [0.15, 0.2) is 66.7 Å². The van der Waals surface area contributed by atoms with E-state index in [4.69, 9.17) is 23.9 Å². The third kappa shape index (κ3) is 7.62. The zero-order chi connectivity index (χ0) is 32.5. The zero-order valence-corrected chi connectivity index (χ0v) is 27.0. The monoisotopic (exact) mass is 625 g/mol. The maximum absolute atomic E-state index is 13.5. The summed E-state index contributed by atoms with van der Waals surface area (Å²) in [4.78, 5) is 44.6. The number of hydrogen-bond donors (Lipinski definition) is 0. The van der Waals surface area contributed by atoms with Gasteiger partial charge in [-0.15, -0.1) is 0 Å². The van der Waals surface area contributed by atoms with E-state index >= 15 is 0 Å². The third-order valence-corrected chi connectivity index (χ3v) is 8.59. The number of carbonyl (C=O) groups is 3. The van der Waals surface area contributed by atoms with Crippen molar-refractivity contribution in [3.63, 3.8) is 0 Å². The maximum Gasteiger partial charge on any atom is 0.347 e. The van der Waals surface area contributed by atoms with Crippen LogP contribution in [0.3, 0.4) is 0 Å². The number of esters is 1. The fourth-order valence-electron chi connectivity index (χ4n) is 5.85. The molecule has 2 unspecified atom stereocenters. The van der Waals surface area contributed by atoms with Crippen LogP contribution in [0.4, 0.5) is 0 Å². The van der Waals surface area contributed by atoms with Crippen LogP contribution in [0.2, 0.25) is 0 Å². The van der Waals surface area contributed by atoms with Gasteiger partial charge < -0.3 is 18.9 Å². The van der Waals surface area contributed by atoms with Gasteiger partial charge in [0, 0.05) is 23.1 Å². The van der Waals surface area contributed by atoms with E-state index in [0.717, 1.165) is 29.2 Å². The summed E-state index contributed by atoms with van der Waals surface area (Å²) in [5, 5.41) is 2.57. The Balaban J connectivity index is 1.18. The van der Waals surface area contributed by atoms with Gasteiger partial charge in [-0.2, -0.15) is 0 Å². The fraction of sp³-hybridized carbons (Fsp3) is 0.421. The van der Waals surface area contributed by atoms with Gasteiger partial charge in [-0.05, 0) is 53.8 Å². The molecule has 0 N–H and O–H groups in total. The molecule has 0 bridgehead atoms. The van der Waals surface area contributed by atoms with Crippen LogP contribution < -0.4 is 4.74 Å². The number of fused-ring (bicyclic) bond motifs is 3. The Hall–Kier alpha value is -4.14. The summed E-state index contributed by atoms with van der Waals surface area (Å²) in [6, 6.07) is 20.2. The number of aromatic nitrogens is 1. The van der Waals surface area contributed by atoms with Crippen LogP contribution in [-0.2, 0) is 19.0 Å². The van der Waals surface area contributed by atoms with Crippen molar-refractivity contribution in [2.75, 3.05) is 33.0 Å². The highest BCUT2D eigenvalue weighted by atomic mass is 16.6. The third-order valence-electron chi connectivity index (χ3n) is 8.59. The van der Waals surface area contributed by atoms with Crippen LogP contribution in [0, 0.1) is 5.92 Å². The standard InChI is InChI=1S/C38H43NO7/c1-4-7-11-25(5-2)24-44-19-18-43-20-21-45-38(42)32(6-3)46-33-15-10-14-26-16-17-31(39-35(26)33)34-36(40)29-22-27-12-8-9-13-28(27)23-30(29)37(34)41/h8-10,12-17,22-23,25,32,34H,4-7,11,18-21,24H2,1-3H3. The molecule has 1 aromatic heterocycles. The van der Waals surface area contributed by atoms with E-state index in [0.29, 0.717) is 53.6 Å². The molecule has 0 saturated heterocycles. The summed E-state index contributed by atoms with van der Waals surface area (Å²) >= 11 is 0. The number of ether oxygens (including phenoxy) is 4. The lowest BCUT2D eigenvalue weighted by Gasteiger charge is -2.18. The molecule has 1 heterocycles. The number of hydrogen-bond acceptors (Lipinski definition) is 8.